The maximum Gasteiger partial charge on any atom is 0.368 e. The molecule has 1 aliphatic rings. The van der Waals surface area contributed by atoms with Crippen molar-refractivity contribution < 1.29 is 24.3 Å². The predicted octanol–water partition coefficient (Wildman–Crippen LogP) is 0.169. The summed E-state index contributed by atoms with van der Waals surface area (Å²) in [5.41, 5.74) is -0.709. The average Bonchev–Trinajstić information content (AvgIpc) is 2.88. The van der Waals surface area contributed by atoms with Gasteiger partial charge in [0.25, 0.3) is 5.71 Å². The van der Waals surface area contributed by atoms with Crippen LogP contribution in [0.2, 0.25) is 0 Å². The molecule has 0 unspecified atom stereocenters. The van der Waals surface area contributed by atoms with Crippen LogP contribution in [0.3, 0.4) is 0 Å². The minimum absolute atomic E-state index is 0.0428. The largest absolute Gasteiger partial charge is 0.476 e. The zero-order valence-electron chi connectivity index (χ0n) is 7.73. The molecule has 1 saturated carbocycles. The molecule has 1 aliphatic carbocycles. The molecule has 14 heavy (non-hydrogen) atoms. The molecule has 0 atom stereocenters. The number of oxime groups is 1. The SMILES string of the molecule is CCOC(=O)C(=NOC1CC1)C(=O)O. The third-order valence-corrected chi connectivity index (χ3v) is 1.49. The highest BCUT2D eigenvalue weighted by atomic mass is 16.6. The topological polar surface area (TPSA) is 85.2 Å². The summed E-state index contributed by atoms with van der Waals surface area (Å²) in [5.74, 6) is -2.41. The number of nitrogens with zero attached hydrogens (tertiary/aromatic N) is 1. The van der Waals surface area contributed by atoms with Gasteiger partial charge >= 0.3 is 11.9 Å². The van der Waals surface area contributed by atoms with Gasteiger partial charge < -0.3 is 14.7 Å². The van der Waals surface area contributed by atoms with Crippen molar-refractivity contribution in [3.63, 3.8) is 0 Å². The van der Waals surface area contributed by atoms with Crippen LogP contribution in [0, 0.1) is 0 Å². The highest BCUT2D eigenvalue weighted by Gasteiger charge is 2.27. The van der Waals surface area contributed by atoms with E-state index in [0.717, 1.165) is 12.8 Å². The van der Waals surface area contributed by atoms with Gasteiger partial charge in [-0.2, -0.15) is 0 Å². The highest BCUT2D eigenvalue weighted by Crippen LogP contribution is 2.23. The highest BCUT2D eigenvalue weighted by molar-refractivity contribution is 6.62. The number of hydrogen-bond donors (Lipinski definition) is 1. The Labute approximate surface area is 80.5 Å². The summed E-state index contributed by atoms with van der Waals surface area (Å²) in [4.78, 5) is 26.3. The van der Waals surface area contributed by atoms with E-state index < -0.39 is 17.7 Å². The Hall–Kier alpha value is -1.59. The van der Waals surface area contributed by atoms with Crippen molar-refractivity contribution in [1.82, 2.24) is 0 Å². The lowest BCUT2D eigenvalue weighted by atomic mass is 10.4. The molecular weight excluding hydrogens is 190 g/mol. The summed E-state index contributed by atoms with van der Waals surface area (Å²) in [6.45, 7) is 1.69. The molecule has 0 spiro atoms. The molecule has 1 rings (SSSR count). The second kappa shape index (κ2) is 4.59. The first-order valence-corrected chi connectivity index (χ1v) is 4.29. The molecule has 0 aromatic carbocycles. The third kappa shape index (κ3) is 3.04. The van der Waals surface area contributed by atoms with Crippen LogP contribution in [0.1, 0.15) is 19.8 Å². The Kier molecular flexibility index (Phi) is 3.44. The zero-order chi connectivity index (χ0) is 10.6. The minimum atomic E-state index is -1.44. The van der Waals surface area contributed by atoms with Crippen molar-refractivity contribution in [2.45, 2.75) is 25.9 Å². The first kappa shape index (κ1) is 10.5. The van der Waals surface area contributed by atoms with Crippen LogP contribution in [-0.2, 0) is 19.2 Å². The van der Waals surface area contributed by atoms with Crippen molar-refractivity contribution >= 4 is 17.7 Å². The molecule has 1 N–H and O–H groups in total. The molecule has 0 heterocycles. The molecule has 6 heteroatoms. The van der Waals surface area contributed by atoms with Gasteiger partial charge in [0.1, 0.15) is 6.10 Å². The molecule has 6 nitrogen and oxygen atoms in total. The number of carboxylic acid groups (broad SMARTS) is 1. The van der Waals surface area contributed by atoms with E-state index >= 15 is 0 Å². The number of esters is 1. The molecular formula is C8H11NO5. The summed E-state index contributed by atoms with van der Waals surface area (Å²) >= 11 is 0. The van der Waals surface area contributed by atoms with E-state index in [-0.39, 0.29) is 12.7 Å². The van der Waals surface area contributed by atoms with Gasteiger partial charge in [-0.05, 0) is 19.8 Å². The standard InChI is InChI=1S/C8H11NO5/c1-2-13-8(12)6(7(10)11)9-14-5-3-4-5/h5H,2-4H2,1H3,(H,10,11). The van der Waals surface area contributed by atoms with Gasteiger partial charge in [0, 0.05) is 0 Å². The van der Waals surface area contributed by atoms with Crippen LogP contribution in [0.25, 0.3) is 0 Å². The fraction of sp³-hybridized carbons (Fsp3) is 0.625. The van der Waals surface area contributed by atoms with Crippen LogP contribution in [0.5, 0.6) is 0 Å². The lowest BCUT2D eigenvalue weighted by molar-refractivity contribution is -0.138. The van der Waals surface area contributed by atoms with Gasteiger partial charge in [-0.3, -0.25) is 0 Å². The number of aliphatic carboxylic acids is 1. The quantitative estimate of drug-likeness (QED) is 0.296. The van der Waals surface area contributed by atoms with Crippen molar-refractivity contribution in [2.24, 2.45) is 5.16 Å². The lowest BCUT2D eigenvalue weighted by Crippen LogP contribution is -2.26. The third-order valence-electron chi connectivity index (χ3n) is 1.49. The van der Waals surface area contributed by atoms with E-state index in [4.69, 9.17) is 9.94 Å². The molecule has 0 aromatic heterocycles. The van der Waals surface area contributed by atoms with Crippen molar-refractivity contribution in [1.29, 1.82) is 0 Å². The van der Waals surface area contributed by atoms with Gasteiger partial charge in [-0.1, -0.05) is 5.16 Å². The van der Waals surface area contributed by atoms with Crippen LogP contribution < -0.4 is 0 Å². The summed E-state index contributed by atoms with van der Waals surface area (Å²) in [7, 11) is 0. The summed E-state index contributed by atoms with van der Waals surface area (Å²) in [6, 6.07) is 0. The van der Waals surface area contributed by atoms with Crippen LogP contribution in [-0.4, -0.2) is 35.5 Å². The molecule has 0 saturated heterocycles. The van der Waals surface area contributed by atoms with E-state index in [1.165, 1.54) is 0 Å². The number of carbonyl (C=O) groups is 2. The first-order chi connectivity index (χ1) is 6.65. The maximum absolute atomic E-state index is 11.0. The number of carbonyl (C=O) groups excluding carboxylic acids is 1. The second-order valence-electron chi connectivity index (χ2n) is 2.77. The Balaban J connectivity index is 2.56. The van der Waals surface area contributed by atoms with Crippen LogP contribution in [0.4, 0.5) is 0 Å². The van der Waals surface area contributed by atoms with Gasteiger partial charge in [-0.25, -0.2) is 9.59 Å². The average molecular weight is 201 g/mol. The van der Waals surface area contributed by atoms with Crippen molar-refractivity contribution in [2.75, 3.05) is 6.61 Å². The first-order valence-electron chi connectivity index (χ1n) is 4.29. The second-order valence-corrected chi connectivity index (χ2v) is 2.77. The fourth-order valence-corrected chi connectivity index (χ4v) is 0.664. The monoisotopic (exact) mass is 201 g/mol. The number of hydrogen-bond acceptors (Lipinski definition) is 5. The molecule has 0 radical (unpaired) electrons. The molecule has 0 amide bonds. The minimum Gasteiger partial charge on any atom is -0.476 e. The Morgan fingerprint density at radius 1 is 1.50 bits per heavy atom. The molecule has 0 aromatic rings. The van der Waals surface area contributed by atoms with Gasteiger partial charge in [0.05, 0.1) is 6.61 Å². The molecule has 0 aliphatic heterocycles. The van der Waals surface area contributed by atoms with E-state index in [1.807, 2.05) is 0 Å². The van der Waals surface area contributed by atoms with E-state index in [2.05, 4.69) is 9.89 Å². The smallest absolute Gasteiger partial charge is 0.368 e. The Morgan fingerprint density at radius 3 is 2.57 bits per heavy atom. The van der Waals surface area contributed by atoms with Gasteiger partial charge in [-0.15, -0.1) is 0 Å². The summed E-state index contributed by atoms with van der Waals surface area (Å²) < 4.78 is 4.49. The van der Waals surface area contributed by atoms with E-state index in [9.17, 15) is 9.59 Å². The summed E-state index contributed by atoms with van der Waals surface area (Å²) in [5, 5.41) is 11.8. The summed E-state index contributed by atoms with van der Waals surface area (Å²) in [6.07, 6.45) is 1.65. The maximum atomic E-state index is 11.0. The predicted molar refractivity (Wildman–Crippen MR) is 45.8 cm³/mol. The Morgan fingerprint density at radius 2 is 2.14 bits per heavy atom. The zero-order valence-corrected chi connectivity index (χ0v) is 7.73. The van der Waals surface area contributed by atoms with Gasteiger partial charge in [0.2, 0.25) is 0 Å². The fourth-order valence-electron chi connectivity index (χ4n) is 0.664. The molecule has 78 valence electrons. The van der Waals surface area contributed by atoms with Crippen LogP contribution >= 0.6 is 0 Å². The van der Waals surface area contributed by atoms with Crippen molar-refractivity contribution in [3.8, 4) is 0 Å². The Bertz CT molecular complexity index is 269. The molecule has 1 fully saturated rings. The number of ether oxygens (including phenoxy) is 1. The lowest BCUT2D eigenvalue weighted by Gasteiger charge is -2.01. The number of rotatable bonds is 5. The normalized spacial score (nSPS) is 16.2. The number of carboxylic acids is 1. The van der Waals surface area contributed by atoms with Gasteiger partial charge in [0.15, 0.2) is 0 Å². The van der Waals surface area contributed by atoms with Crippen molar-refractivity contribution in [3.05, 3.63) is 0 Å². The van der Waals surface area contributed by atoms with E-state index in [1.54, 1.807) is 6.92 Å². The van der Waals surface area contributed by atoms with E-state index in [0.29, 0.717) is 0 Å². The van der Waals surface area contributed by atoms with Crippen LogP contribution in [0.15, 0.2) is 5.16 Å². The molecule has 0 bridgehead atoms.